The van der Waals surface area contributed by atoms with E-state index in [1.54, 1.807) is 0 Å². The van der Waals surface area contributed by atoms with E-state index in [1.165, 1.54) is 19.3 Å². The molecule has 0 atom stereocenters. The van der Waals surface area contributed by atoms with Gasteiger partial charge in [0, 0.05) is 24.5 Å². The van der Waals surface area contributed by atoms with E-state index in [2.05, 4.69) is 34.4 Å². The number of aromatic nitrogens is 3. The van der Waals surface area contributed by atoms with E-state index in [-0.39, 0.29) is 5.54 Å². The Kier molecular flexibility index (Phi) is 3.05. The van der Waals surface area contributed by atoms with Gasteiger partial charge in [-0.1, -0.05) is 6.92 Å². The van der Waals surface area contributed by atoms with Crippen molar-refractivity contribution in [2.24, 2.45) is 0 Å². The molecule has 1 aliphatic carbocycles. The molecule has 1 saturated carbocycles. The monoisotopic (exact) mass is 259 g/mol. The highest BCUT2D eigenvalue weighted by Gasteiger charge is 2.35. The number of hydrogen-bond acceptors (Lipinski definition) is 4. The van der Waals surface area contributed by atoms with E-state index >= 15 is 0 Å². The molecule has 102 valence electrons. The molecule has 3 rings (SSSR count). The molecule has 0 aromatic carbocycles. The molecule has 0 spiro atoms. The Morgan fingerprint density at radius 3 is 2.84 bits per heavy atom. The maximum absolute atomic E-state index is 4.67. The van der Waals surface area contributed by atoms with Gasteiger partial charge in [0.1, 0.15) is 5.82 Å². The number of rotatable bonds is 5. The number of hydrogen-bond donors (Lipinski definition) is 2. The molecule has 0 bridgehead atoms. The minimum atomic E-state index is 0.226. The van der Waals surface area contributed by atoms with Gasteiger partial charge in [-0.05, 0) is 32.6 Å². The number of nitrogens with one attached hydrogen (secondary N) is 2. The Labute approximate surface area is 113 Å². The fraction of sp³-hybridized carbons (Fsp3) is 0.571. The van der Waals surface area contributed by atoms with E-state index < -0.39 is 0 Å². The lowest BCUT2D eigenvalue weighted by atomic mass is 9.75. The Hall–Kier alpha value is -1.78. The highest BCUT2D eigenvalue weighted by molar-refractivity contribution is 5.66. The van der Waals surface area contributed by atoms with Crippen molar-refractivity contribution >= 4 is 17.3 Å². The number of nitrogens with zero attached hydrogens (tertiary/aromatic N) is 3. The number of imidazole rings is 1. The molecule has 0 unspecified atom stereocenters. The minimum Gasteiger partial charge on any atom is -0.369 e. The third kappa shape index (κ3) is 2.13. The summed E-state index contributed by atoms with van der Waals surface area (Å²) in [5, 5.41) is 6.90. The lowest BCUT2D eigenvalue weighted by Crippen LogP contribution is -2.44. The quantitative estimate of drug-likeness (QED) is 0.867. The maximum atomic E-state index is 4.67. The minimum absolute atomic E-state index is 0.226. The third-order valence-electron chi connectivity index (χ3n) is 4.10. The first-order valence-electron chi connectivity index (χ1n) is 7.12. The zero-order valence-electron chi connectivity index (χ0n) is 11.6. The van der Waals surface area contributed by atoms with Crippen molar-refractivity contribution in [3.63, 3.8) is 0 Å². The molecule has 0 aliphatic heterocycles. The van der Waals surface area contributed by atoms with Crippen LogP contribution in [0, 0.1) is 0 Å². The highest BCUT2D eigenvalue weighted by atomic mass is 15.2. The van der Waals surface area contributed by atoms with Gasteiger partial charge in [0.05, 0.1) is 6.20 Å². The average molecular weight is 259 g/mol. The van der Waals surface area contributed by atoms with Crippen LogP contribution in [-0.2, 0) is 0 Å². The van der Waals surface area contributed by atoms with Crippen molar-refractivity contribution in [2.45, 2.75) is 45.1 Å². The number of anilines is 2. The van der Waals surface area contributed by atoms with Gasteiger partial charge in [-0.25, -0.2) is 9.97 Å². The van der Waals surface area contributed by atoms with Crippen LogP contribution in [0.15, 0.2) is 18.6 Å². The molecule has 2 aromatic rings. The van der Waals surface area contributed by atoms with Crippen LogP contribution in [0.1, 0.15) is 39.5 Å². The van der Waals surface area contributed by atoms with Crippen molar-refractivity contribution in [3.05, 3.63) is 18.6 Å². The predicted molar refractivity (Wildman–Crippen MR) is 77.6 cm³/mol. The zero-order chi connectivity index (χ0) is 13.3. The van der Waals surface area contributed by atoms with Gasteiger partial charge in [0.25, 0.3) is 0 Å². The van der Waals surface area contributed by atoms with Crippen LogP contribution >= 0.6 is 0 Å². The van der Waals surface area contributed by atoms with Gasteiger partial charge in [-0.3, -0.25) is 0 Å². The summed E-state index contributed by atoms with van der Waals surface area (Å²) in [5.41, 5.74) is 1.13. The topological polar surface area (TPSA) is 54.2 Å². The maximum Gasteiger partial charge on any atom is 0.180 e. The first-order chi connectivity index (χ1) is 9.26. The second-order valence-electron chi connectivity index (χ2n) is 5.28. The van der Waals surface area contributed by atoms with Crippen LogP contribution in [0.2, 0.25) is 0 Å². The summed E-state index contributed by atoms with van der Waals surface area (Å²) < 4.78 is 2.02. The second kappa shape index (κ2) is 4.72. The van der Waals surface area contributed by atoms with Gasteiger partial charge in [0.2, 0.25) is 0 Å². The number of fused-ring (bicyclic) bond motifs is 1. The fourth-order valence-electron chi connectivity index (χ4n) is 2.70. The van der Waals surface area contributed by atoms with E-state index in [0.717, 1.165) is 30.2 Å². The lowest BCUT2D eigenvalue weighted by molar-refractivity contribution is 0.269. The SMILES string of the molecule is CCNc1cn2ccnc2c(NC2(CC)CCC2)n1. The summed E-state index contributed by atoms with van der Waals surface area (Å²) in [4.78, 5) is 9.08. The molecule has 5 nitrogen and oxygen atoms in total. The lowest BCUT2D eigenvalue weighted by Gasteiger charge is -2.42. The Bertz CT molecular complexity index is 565. The first-order valence-corrected chi connectivity index (χ1v) is 7.12. The molecule has 1 aliphatic rings. The Morgan fingerprint density at radius 2 is 2.21 bits per heavy atom. The van der Waals surface area contributed by atoms with Crippen LogP contribution in [-0.4, -0.2) is 26.5 Å². The average Bonchev–Trinajstić information content (AvgIpc) is 2.82. The van der Waals surface area contributed by atoms with Crippen LogP contribution < -0.4 is 10.6 Å². The third-order valence-corrected chi connectivity index (χ3v) is 4.10. The molecule has 19 heavy (non-hydrogen) atoms. The van der Waals surface area contributed by atoms with Crippen LogP contribution in [0.25, 0.3) is 5.65 Å². The van der Waals surface area contributed by atoms with Crippen LogP contribution in [0.3, 0.4) is 0 Å². The molecular weight excluding hydrogens is 238 g/mol. The molecule has 0 radical (unpaired) electrons. The molecule has 0 saturated heterocycles. The molecule has 2 N–H and O–H groups in total. The molecule has 1 fully saturated rings. The van der Waals surface area contributed by atoms with Gasteiger partial charge < -0.3 is 15.0 Å². The molecule has 2 heterocycles. The Balaban J connectivity index is 1.98. The van der Waals surface area contributed by atoms with Crippen LogP contribution in [0.4, 0.5) is 11.6 Å². The molecule has 2 aromatic heterocycles. The van der Waals surface area contributed by atoms with E-state index in [4.69, 9.17) is 0 Å². The summed E-state index contributed by atoms with van der Waals surface area (Å²) in [6, 6.07) is 0. The van der Waals surface area contributed by atoms with Gasteiger partial charge in [-0.2, -0.15) is 0 Å². The largest absolute Gasteiger partial charge is 0.369 e. The summed E-state index contributed by atoms with van der Waals surface area (Å²) in [5.74, 6) is 1.78. The zero-order valence-corrected chi connectivity index (χ0v) is 11.6. The Morgan fingerprint density at radius 1 is 1.37 bits per heavy atom. The van der Waals surface area contributed by atoms with Gasteiger partial charge in [-0.15, -0.1) is 0 Å². The molecule has 0 amide bonds. The van der Waals surface area contributed by atoms with Crippen molar-refractivity contribution in [1.29, 1.82) is 0 Å². The molecule has 5 heteroatoms. The second-order valence-corrected chi connectivity index (χ2v) is 5.28. The van der Waals surface area contributed by atoms with E-state index in [9.17, 15) is 0 Å². The van der Waals surface area contributed by atoms with Gasteiger partial charge in [0.15, 0.2) is 11.5 Å². The summed E-state index contributed by atoms with van der Waals surface area (Å²) in [6.45, 7) is 5.18. The van der Waals surface area contributed by atoms with Crippen LogP contribution in [0.5, 0.6) is 0 Å². The van der Waals surface area contributed by atoms with Crippen molar-refractivity contribution < 1.29 is 0 Å². The van der Waals surface area contributed by atoms with E-state index in [0.29, 0.717) is 0 Å². The summed E-state index contributed by atoms with van der Waals surface area (Å²) >= 11 is 0. The first kappa shape index (κ1) is 12.3. The van der Waals surface area contributed by atoms with Crippen molar-refractivity contribution in [2.75, 3.05) is 17.2 Å². The highest BCUT2D eigenvalue weighted by Crippen LogP contribution is 2.38. The van der Waals surface area contributed by atoms with E-state index in [1.807, 2.05) is 23.0 Å². The van der Waals surface area contributed by atoms with Gasteiger partial charge >= 0.3 is 0 Å². The summed E-state index contributed by atoms with van der Waals surface area (Å²) in [7, 11) is 0. The van der Waals surface area contributed by atoms with Crippen molar-refractivity contribution in [1.82, 2.24) is 14.4 Å². The molecular formula is C14H21N5. The van der Waals surface area contributed by atoms with Crippen molar-refractivity contribution in [3.8, 4) is 0 Å². The smallest absolute Gasteiger partial charge is 0.180 e. The summed E-state index contributed by atoms with van der Waals surface area (Å²) in [6.07, 6.45) is 10.6. The fourth-order valence-corrected chi connectivity index (χ4v) is 2.70. The predicted octanol–water partition coefficient (Wildman–Crippen LogP) is 2.91. The standard InChI is InChI=1S/C14H21N5/c1-3-14(6-5-7-14)18-12-13-16-8-9-19(13)10-11(17-12)15-4-2/h8-10,15H,3-7H2,1-2H3,(H,17,18). The normalized spacial score (nSPS) is 17.2.